The van der Waals surface area contributed by atoms with Crippen LogP contribution in [0.1, 0.15) is 28.9 Å². The maximum Gasteiger partial charge on any atom is 0.341 e. The fraction of sp³-hybridized carbons (Fsp3) is 0.235. The minimum absolute atomic E-state index is 0.157. The molecular formula is C17H16F3NO3S. The maximum atomic E-state index is 13.0. The van der Waals surface area contributed by atoms with Crippen LogP contribution in [0.5, 0.6) is 0 Å². The molecule has 0 spiro atoms. The Bertz CT molecular complexity index is 850. The predicted molar refractivity (Wildman–Crippen MR) is 86.5 cm³/mol. The lowest BCUT2D eigenvalue weighted by molar-refractivity contribution is 0.0742. The van der Waals surface area contributed by atoms with Gasteiger partial charge in [-0.1, -0.05) is 12.1 Å². The lowest BCUT2D eigenvalue weighted by Gasteiger charge is -2.25. The van der Waals surface area contributed by atoms with Crippen LogP contribution >= 0.6 is 0 Å². The first-order valence-electron chi connectivity index (χ1n) is 7.29. The van der Waals surface area contributed by atoms with Crippen LogP contribution in [-0.4, -0.2) is 32.0 Å². The summed E-state index contributed by atoms with van der Waals surface area (Å²) in [7, 11) is -3.15. The van der Waals surface area contributed by atoms with Crippen LogP contribution in [0.3, 0.4) is 0 Å². The third-order valence-corrected chi connectivity index (χ3v) is 5.32. The highest BCUT2D eigenvalue weighted by Crippen LogP contribution is 2.23. The summed E-state index contributed by atoms with van der Waals surface area (Å²) in [5.74, 6) is -4.33. The Kier molecular flexibility index (Phi) is 5.52. The SMILES string of the molecule is CC(c1ccc(F)cc1)N(C)C(=O)c1ccc(S(=O)(=O)C(F)F)cc1. The first-order valence-corrected chi connectivity index (χ1v) is 8.84. The van der Waals surface area contributed by atoms with Crippen LogP contribution < -0.4 is 0 Å². The topological polar surface area (TPSA) is 54.5 Å². The van der Waals surface area contributed by atoms with E-state index in [1.165, 1.54) is 29.2 Å². The predicted octanol–water partition coefficient (Wildman–Crippen LogP) is 3.66. The van der Waals surface area contributed by atoms with Crippen LogP contribution in [0.25, 0.3) is 0 Å². The lowest BCUT2D eigenvalue weighted by atomic mass is 10.1. The van der Waals surface area contributed by atoms with Gasteiger partial charge in [-0.2, -0.15) is 8.78 Å². The average Bonchev–Trinajstić information content (AvgIpc) is 2.60. The van der Waals surface area contributed by atoms with Gasteiger partial charge in [0.1, 0.15) is 5.82 Å². The highest BCUT2D eigenvalue weighted by Gasteiger charge is 2.27. The summed E-state index contributed by atoms with van der Waals surface area (Å²) in [6.07, 6.45) is 0. The first kappa shape index (κ1) is 19.0. The molecule has 0 radical (unpaired) electrons. The fourth-order valence-corrected chi connectivity index (χ4v) is 2.96. The monoisotopic (exact) mass is 371 g/mol. The zero-order valence-corrected chi connectivity index (χ0v) is 14.3. The number of carbonyl (C=O) groups excluding carboxylic acids is 1. The number of carbonyl (C=O) groups is 1. The molecule has 0 aliphatic rings. The number of alkyl halides is 2. The van der Waals surface area contributed by atoms with Crippen LogP contribution in [0.2, 0.25) is 0 Å². The Balaban J connectivity index is 2.21. The summed E-state index contributed by atoms with van der Waals surface area (Å²) in [5, 5.41) is 0. The molecule has 0 heterocycles. The van der Waals surface area contributed by atoms with E-state index in [4.69, 9.17) is 0 Å². The third kappa shape index (κ3) is 4.01. The van der Waals surface area contributed by atoms with E-state index in [1.54, 1.807) is 26.1 Å². The van der Waals surface area contributed by atoms with Crippen molar-refractivity contribution in [3.63, 3.8) is 0 Å². The molecule has 0 saturated heterocycles. The molecule has 134 valence electrons. The van der Waals surface area contributed by atoms with Crippen molar-refractivity contribution in [2.24, 2.45) is 0 Å². The van der Waals surface area contributed by atoms with Gasteiger partial charge in [0, 0.05) is 12.6 Å². The maximum absolute atomic E-state index is 13.0. The Morgan fingerprint density at radius 1 is 1.00 bits per heavy atom. The van der Waals surface area contributed by atoms with Gasteiger partial charge < -0.3 is 4.90 Å². The Labute approximate surface area is 143 Å². The summed E-state index contributed by atoms with van der Waals surface area (Å²) >= 11 is 0. The normalized spacial score (nSPS) is 12.9. The summed E-state index contributed by atoms with van der Waals surface area (Å²) < 4.78 is 60.8. The van der Waals surface area contributed by atoms with Crippen molar-refractivity contribution in [1.82, 2.24) is 4.90 Å². The van der Waals surface area contributed by atoms with Crippen LogP contribution in [0.15, 0.2) is 53.4 Å². The van der Waals surface area contributed by atoms with Crippen molar-refractivity contribution >= 4 is 15.7 Å². The summed E-state index contributed by atoms with van der Waals surface area (Å²) in [6, 6.07) is 9.65. The van der Waals surface area contributed by atoms with E-state index in [2.05, 4.69) is 0 Å². The minimum atomic E-state index is -4.70. The number of benzene rings is 2. The standard InChI is InChI=1S/C17H16F3NO3S/c1-11(12-3-7-14(18)8-4-12)21(2)16(22)13-5-9-15(10-6-13)25(23,24)17(19)20/h3-11,17H,1-2H3. The molecule has 4 nitrogen and oxygen atoms in total. The van der Waals surface area contributed by atoms with E-state index in [1.807, 2.05) is 0 Å². The molecule has 0 N–H and O–H groups in total. The van der Waals surface area contributed by atoms with Gasteiger partial charge in [0.2, 0.25) is 9.84 Å². The Morgan fingerprint density at radius 2 is 1.52 bits per heavy atom. The minimum Gasteiger partial charge on any atom is -0.335 e. The number of sulfone groups is 1. The molecule has 0 bridgehead atoms. The molecule has 1 unspecified atom stereocenters. The van der Waals surface area contributed by atoms with E-state index in [0.29, 0.717) is 5.56 Å². The Morgan fingerprint density at radius 3 is 2.00 bits per heavy atom. The quantitative estimate of drug-likeness (QED) is 0.806. The van der Waals surface area contributed by atoms with Crippen molar-refractivity contribution in [3.8, 4) is 0 Å². The molecule has 0 aliphatic carbocycles. The Hall–Kier alpha value is -2.35. The largest absolute Gasteiger partial charge is 0.341 e. The zero-order valence-electron chi connectivity index (χ0n) is 13.5. The second-order valence-electron chi connectivity index (χ2n) is 5.47. The average molecular weight is 371 g/mol. The second-order valence-corrected chi connectivity index (χ2v) is 7.39. The fourth-order valence-electron chi connectivity index (χ4n) is 2.23. The molecule has 1 atom stereocenters. The number of amides is 1. The third-order valence-electron chi connectivity index (χ3n) is 3.92. The molecule has 8 heteroatoms. The number of hydrogen-bond acceptors (Lipinski definition) is 3. The smallest absolute Gasteiger partial charge is 0.335 e. The number of halogens is 3. The highest BCUT2D eigenvalue weighted by molar-refractivity contribution is 7.91. The molecular weight excluding hydrogens is 355 g/mol. The van der Waals surface area contributed by atoms with E-state index >= 15 is 0 Å². The molecule has 25 heavy (non-hydrogen) atoms. The van der Waals surface area contributed by atoms with Crippen molar-refractivity contribution in [2.45, 2.75) is 23.6 Å². The van der Waals surface area contributed by atoms with Crippen molar-refractivity contribution in [2.75, 3.05) is 7.05 Å². The van der Waals surface area contributed by atoms with Crippen LogP contribution in [0.4, 0.5) is 13.2 Å². The summed E-state index contributed by atoms with van der Waals surface area (Å²) in [4.78, 5) is 13.3. The summed E-state index contributed by atoms with van der Waals surface area (Å²) in [6.45, 7) is 1.75. The molecule has 0 aliphatic heterocycles. The summed E-state index contributed by atoms with van der Waals surface area (Å²) in [5.41, 5.74) is 0.874. The number of rotatable bonds is 5. The van der Waals surface area contributed by atoms with Crippen LogP contribution in [-0.2, 0) is 9.84 Å². The van der Waals surface area contributed by atoms with Crippen LogP contribution in [0, 0.1) is 5.82 Å². The lowest BCUT2D eigenvalue weighted by Crippen LogP contribution is -2.29. The zero-order chi connectivity index (χ0) is 18.8. The van der Waals surface area contributed by atoms with Gasteiger partial charge in [-0.3, -0.25) is 4.79 Å². The van der Waals surface area contributed by atoms with Crippen molar-refractivity contribution in [1.29, 1.82) is 0 Å². The van der Waals surface area contributed by atoms with Gasteiger partial charge in [0.15, 0.2) is 0 Å². The number of hydrogen-bond donors (Lipinski definition) is 0. The molecule has 2 aromatic rings. The number of nitrogens with zero attached hydrogens (tertiary/aromatic N) is 1. The van der Waals surface area contributed by atoms with Gasteiger partial charge in [-0.05, 0) is 48.9 Å². The van der Waals surface area contributed by atoms with E-state index in [0.717, 1.165) is 12.1 Å². The molecule has 0 saturated carbocycles. The van der Waals surface area contributed by atoms with Gasteiger partial charge in [-0.15, -0.1) is 0 Å². The van der Waals surface area contributed by atoms with E-state index < -0.39 is 26.4 Å². The molecule has 2 aromatic carbocycles. The molecule has 0 aromatic heterocycles. The molecule has 1 amide bonds. The molecule has 0 fully saturated rings. The second kappa shape index (κ2) is 7.26. The van der Waals surface area contributed by atoms with Gasteiger partial charge >= 0.3 is 5.76 Å². The van der Waals surface area contributed by atoms with Crippen molar-refractivity contribution < 1.29 is 26.4 Å². The molecule has 2 rings (SSSR count). The van der Waals surface area contributed by atoms with Gasteiger partial charge in [0.25, 0.3) is 5.91 Å². The van der Waals surface area contributed by atoms with E-state index in [-0.39, 0.29) is 17.4 Å². The van der Waals surface area contributed by atoms with Crippen molar-refractivity contribution in [3.05, 3.63) is 65.5 Å². The first-order chi connectivity index (χ1) is 11.6. The van der Waals surface area contributed by atoms with Gasteiger partial charge in [0.05, 0.1) is 10.9 Å². The highest BCUT2D eigenvalue weighted by atomic mass is 32.2. The van der Waals surface area contributed by atoms with E-state index in [9.17, 15) is 26.4 Å². The van der Waals surface area contributed by atoms with Gasteiger partial charge in [-0.25, -0.2) is 12.8 Å².